The van der Waals surface area contributed by atoms with E-state index in [2.05, 4.69) is 0 Å². The average molecular weight is 403 g/mol. The monoisotopic (exact) mass is 403 g/mol. The lowest BCUT2D eigenvalue weighted by atomic mass is 9.75. The van der Waals surface area contributed by atoms with Crippen molar-refractivity contribution in [1.29, 1.82) is 0 Å². The summed E-state index contributed by atoms with van der Waals surface area (Å²) in [5.74, 6) is -1.05. The van der Waals surface area contributed by atoms with E-state index in [1.165, 1.54) is 13.2 Å². The zero-order valence-corrected chi connectivity index (χ0v) is 16.7. The van der Waals surface area contributed by atoms with E-state index in [1.807, 2.05) is 0 Å². The summed E-state index contributed by atoms with van der Waals surface area (Å²) in [6, 6.07) is 17.2. The third-order valence-electron chi connectivity index (χ3n) is 5.40. The van der Waals surface area contributed by atoms with Crippen LogP contribution in [0.4, 0.5) is 13.2 Å². The molecule has 0 aliphatic heterocycles. The maximum Gasteiger partial charge on any atom is 0.392 e. The van der Waals surface area contributed by atoms with Gasteiger partial charge in [0.2, 0.25) is 5.52 Å². The fourth-order valence-corrected chi connectivity index (χ4v) is 3.71. The van der Waals surface area contributed by atoms with Crippen LogP contribution in [0.25, 0.3) is 10.9 Å². The molecule has 3 aromatic rings. The van der Waals surface area contributed by atoms with Gasteiger partial charge in [-0.1, -0.05) is 38.1 Å². The molecule has 0 amide bonds. The second-order valence-corrected chi connectivity index (χ2v) is 7.94. The summed E-state index contributed by atoms with van der Waals surface area (Å²) < 4.78 is 47.5. The molecule has 3 nitrogen and oxygen atoms in total. The molecule has 0 aliphatic rings. The molecule has 0 radical (unpaired) electrons. The Labute approximate surface area is 168 Å². The standard InChI is InChI=1S/C23H24F3NO2/c1-22(2,17-8-6-9-20(14-17)29-3)15-18(23(24,25)26)13-19-12-11-16-7-4-5-10-21(16)27(19)28/h4-12,14,18H,13,15H2,1-3H3. The number of nitrogens with zero attached hydrogens (tertiary/aromatic N) is 1. The van der Waals surface area contributed by atoms with Gasteiger partial charge >= 0.3 is 6.18 Å². The SMILES string of the molecule is COc1cccc(C(C)(C)CC(Cc2ccc3ccccc3[n+]2[O-])C(F)(F)F)c1. The van der Waals surface area contributed by atoms with Crippen molar-refractivity contribution in [3.8, 4) is 5.75 Å². The Kier molecular flexibility index (Phi) is 5.73. The number of rotatable bonds is 6. The molecule has 0 fully saturated rings. The molecular weight excluding hydrogens is 379 g/mol. The molecule has 0 bridgehead atoms. The van der Waals surface area contributed by atoms with E-state index in [0.29, 0.717) is 21.4 Å². The van der Waals surface area contributed by atoms with Crippen molar-refractivity contribution in [2.45, 2.75) is 38.3 Å². The van der Waals surface area contributed by atoms with Crippen LogP contribution in [0.5, 0.6) is 5.75 Å². The predicted molar refractivity (Wildman–Crippen MR) is 107 cm³/mol. The highest BCUT2D eigenvalue weighted by Crippen LogP contribution is 2.40. The van der Waals surface area contributed by atoms with Crippen LogP contribution in [0, 0.1) is 11.1 Å². The molecule has 0 aliphatic carbocycles. The van der Waals surface area contributed by atoms with E-state index < -0.39 is 17.5 Å². The molecule has 1 heterocycles. The van der Waals surface area contributed by atoms with Crippen LogP contribution in [0.2, 0.25) is 0 Å². The van der Waals surface area contributed by atoms with Gasteiger partial charge in [0, 0.05) is 23.9 Å². The van der Waals surface area contributed by atoms with Crippen molar-refractivity contribution in [2.75, 3.05) is 7.11 Å². The molecule has 0 saturated carbocycles. The van der Waals surface area contributed by atoms with Crippen LogP contribution in [0.1, 0.15) is 31.5 Å². The molecule has 29 heavy (non-hydrogen) atoms. The summed E-state index contributed by atoms with van der Waals surface area (Å²) in [5, 5.41) is 13.3. The Morgan fingerprint density at radius 2 is 1.72 bits per heavy atom. The Hall–Kier alpha value is -2.76. The molecule has 0 spiro atoms. The highest BCUT2D eigenvalue weighted by Gasteiger charge is 2.44. The molecular formula is C23H24F3NO2. The molecule has 6 heteroatoms. The minimum absolute atomic E-state index is 0.118. The van der Waals surface area contributed by atoms with Crippen LogP contribution in [-0.2, 0) is 11.8 Å². The van der Waals surface area contributed by atoms with Gasteiger partial charge in [0.1, 0.15) is 5.75 Å². The lowest BCUT2D eigenvalue weighted by Crippen LogP contribution is -2.38. The van der Waals surface area contributed by atoms with Crippen molar-refractivity contribution >= 4 is 10.9 Å². The van der Waals surface area contributed by atoms with Gasteiger partial charge in [-0.2, -0.15) is 17.9 Å². The number of alkyl halides is 3. The van der Waals surface area contributed by atoms with Crippen molar-refractivity contribution in [3.05, 3.63) is 77.1 Å². The number of fused-ring (bicyclic) bond motifs is 1. The van der Waals surface area contributed by atoms with Crippen LogP contribution in [0.15, 0.2) is 60.7 Å². The summed E-state index contributed by atoms with van der Waals surface area (Å²) in [7, 11) is 1.53. The second kappa shape index (κ2) is 7.93. The predicted octanol–water partition coefficient (Wildman–Crippen LogP) is 5.57. The minimum atomic E-state index is -4.42. The molecule has 2 aromatic carbocycles. The summed E-state index contributed by atoms with van der Waals surface area (Å²) in [6.07, 6.45) is -4.93. The first-order chi connectivity index (χ1) is 13.6. The number of aromatic nitrogens is 1. The molecule has 3 rings (SSSR count). The van der Waals surface area contributed by atoms with Crippen LogP contribution < -0.4 is 9.47 Å². The maximum atomic E-state index is 13.9. The van der Waals surface area contributed by atoms with Gasteiger partial charge in [-0.3, -0.25) is 0 Å². The van der Waals surface area contributed by atoms with Gasteiger partial charge in [0.05, 0.1) is 13.0 Å². The van der Waals surface area contributed by atoms with Crippen molar-refractivity contribution in [3.63, 3.8) is 0 Å². The largest absolute Gasteiger partial charge is 0.618 e. The number of ether oxygens (including phenoxy) is 1. The van der Waals surface area contributed by atoms with E-state index in [1.54, 1.807) is 68.4 Å². The Bertz CT molecular complexity index is 999. The average Bonchev–Trinajstić information content (AvgIpc) is 2.69. The molecule has 0 saturated heterocycles. The van der Waals surface area contributed by atoms with E-state index >= 15 is 0 Å². The highest BCUT2D eigenvalue weighted by atomic mass is 19.4. The topological polar surface area (TPSA) is 36.2 Å². The van der Waals surface area contributed by atoms with E-state index in [4.69, 9.17) is 4.74 Å². The van der Waals surface area contributed by atoms with Crippen molar-refractivity contribution < 1.29 is 22.6 Å². The number of hydrogen-bond acceptors (Lipinski definition) is 2. The lowest BCUT2D eigenvalue weighted by molar-refractivity contribution is -0.587. The van der Waals surface area contributed by atoms with Gasteiger partial charge in [0.15, 0.2) is 5.69 Å². The van der Waals surface area contributed by atoms with Gasteiger partial charge in [-0.15, -0.1) is 0 Å². The van der Waals surface area contributed by atoms with Gasteiger partial charge < -0.3 is 9.94 Å². The smallest absolute Gasteiger partial charge is 0.392 e. The lowest BCUT2D eigenvalue weighted by Gasteiger charge is -2.31. The van der Waals surface area contributed by atoms with Crippen LogP contribution in [0.3, 0.4) is 0 Å². The van der Waals surface area contributed by atoms with Crippen LogP contribution in [-0.4, -0.2) is 13.3 Å². The summed E-state index contributed by atoms with van der Waals surface area (Å²) >= 11 is 0. The number of para-hydroxylation sites is 1. The molecule has 1 atom stereocenters. The minimum Gasteiger partial charge on any atom is -0.618 e. The third-order valence-corrected chi connectivity index (χ3v) is 5.40. The second-order valence-electron chi connectivity index (χ2n) is 7.94. The number of pyridine rings is 1. The zero-order chi connectivity index (χ0) is 21.2. The maximum absolute atomic E-state index is 13.9. The summed E-state index contributed by atoms with van der Waals surface area (Å²) in [4.78, 5) is 0. The third kappa shape index (κ3) is 4.63. The normalized spacial score (nSPS) is 13.4. The first kappa shape index (κ1) is 21.0. The fraction of sp³-hybridized carbons (Fsp3) is 0.348. The Morgan fingerprint density at radius 1 is 1.00 bits per heavy atom. The first-order valence-electron chi connectivity index (χ1n) is 9.43. The molecule has 1 unspecified atom stereocenters. The van der Waals surface area contributed by atoms with Gasteiger partial charge in [-0.05, 0) is 41.7 Å². The quantitative estimate of drug-likeness (QED) is 0.398. The fourth-order valence-electron chi connectivity index (χ4n) is 3.71. The Morgan fingerprint density at radius 3 is 2.41 bits per heavy atom. The molecule has 154 valence electrons. The number of hydrogen-bond donors (Lipinski definition) is 0. The van der Waals surface area contributed by atoms with Crippen LogP contribution >= 0.6 is 0 Å². The Balaban J connectivity index is 1.92. The zero-order valence-electron chi connectivity index (χ0n) is 16.7. The molecule has 1 aromatic heterocycles. The summed E-state index contributed by atoms with van der Waals surface area (Å²) in [5.41, 5.74) is 0.504. The van der Waals surface area contributed by atoms with E-state index in [0.717, 1.165) is 5.56 Å². The number of benzene rings is 2. The van der Waals surface area contributed by atoms with E-state index in [-0.39, 0.29) is 18.5 Å². The number of methoxy groups -OCH3 is 1. The van der Waals surface area contributed by atoms with Crippen molar-refractivity contribution in [1.82, 2.24) is 0 Å². The number of halogens is 3. The van der Waals surface area contributed by atoms with Gasteiger partial charge in [0.25, 0.3) is 0 Å². The van der Waals surface area contributed by atoms with Gasteiger partial charge in [-0.25, -0.2) is 0 Å². The van der Waals surface area contributed by atoms with E-state index in [9.17, 15) is 18.4 Å². The van der Waals surface area contributed by atoms with Crippen molar-refractivity contribution in [2.24, 2.45) is 5.92 Å². The molecule has 0 N–H and O–H groups in total. The highest BCUT2D eigenvalue weighted by molar-refractivity contribution is 5.75. The first-order valence-corrected chi connectivity index (χ1v) is 9.43. The summed E-state index contributed by atoms with van der Waals surface area (Å²) in [6.45, 7) is 3.57.